The number of nitrogens with one attached hydrogen (secondary N) is 2. The van der Waals surface area contributed by atoms with Gasteiger partial charge in [0.25, 0.3) is 5.91 Å². The van der Waals surface area contributed by atoms with Crippen molar-refractivity contribution in [2.75, 3.05) is 6.54 Å². The lowest BCUT2D eigenvalue weighted by atomic mass is 9.83. The summed E-state index contributed by atoms with van der Waals surface area (Å²) in [7, 11) is 0. The molecule has 0 unspecified atom stereocenters. The lowest BCUT2D eigenvalue weighted by molar-refractivity contribution is -0.131. The van der Waals surface area contributed by atoms with Crippen LogP contribution < -0.4 is 10.6 Å². The average Bonchev–Trinajstić information content (AvgIpc) is 3.09. The molecular formula is C28H27N3O4. The topological polar surface area (TPSA) is 95.6 Å². The monoisotopic (exact) mass is 469 g/mol. The molecule has 35 heavy (non-hydrogen) atoms. The number of hydrogen-bond acceptors (Lipinski definition) is 4. The summed E-state index contributed by atoms with van der Waals surface area (Å²) in [5.41, 5.74) is 1.48. The van der Waals surface area contributed by atoms with Crippen molar-refractivity contribution in [2.45, 2.75) is 31.8 Å². The third-order valence-electron chi connectivity index (χ3n) is 6.21. The first-order valence-corrected chi connectivity index (χ1v) is 11.4. The van der Waals surface area contributed by atoms with E-state index in [0.29, 0.717) is 11.1 Å². The van der Waals surface area contributed by atoms with Crippen LogP contribution in [0.1, 0.15) is 46.9 Å². The van der Waals surface area contributed by atoms with Gasteiger partial charge in [-0.05, 0) is 23.6 Å². The summed E-state index contributed by atoms with van der Waals surface area (Å²) in [5.74, 6) is -0.953. The number of amides is 4. The van der Waals surface area contributed by atoms with Gasteiger partial charge in [-0.25, -0.2) is 4.79 Å². The minimum absolute atomic E-state index is 0.145. The van der Waals surface area contributed by atoms with Crippen LogP contribution in [0.5, 0.6) is 0 Å². The highest BCUT2D eigenvalue weighted by atomic mass is 16.2. The third-order valence-corrected chi connectivity index (χ3v) is 6.21. The van der Waals surface area contributed by atoms with Gasteiger partial charge in [0, 0.05) is 18.9 Å². The van der Waals surface area contributed by atoms with E-state index < -0.39 is 17.5 Å². The number of benzene rings is 3. The first-order valence-electron chi connectivity index (χ1n) is 11.4. The Morgan fingerprint density at radius 1 is 0.914 bits per heavy atom. The van der Waals surface area contributed by atoms with E-state index in [2.05, 4.69) is 10.6 Å². The summed E-state index contributed by atoms with van der Waals surface area (Å²) in [5, 5.41) is 5.67. The van der Waals surface area contributed by atoms with Crippen molar-refractivity contribution < 1.29 is 19.2 Å². The highest BCUT2D eigenvalue weighted by Crippen LogP contribution is 2.33. The fraction of sp³-hybridized carbons (Fsp3) is 0.214. The second kappa shape index (κ2) is 9.93. The maximum Gasteiger partial charge on any atom is 0.325 e. The number of Topliss-reactive ketones (excluding diaryl/α,β-unsaturated/α-hetero) is 1. The van der Waals surface area contributed by atoms with Crippen LogP contribution in [0.25, 0.3) is 0 Å². The molecule has 1 aliphatic heterocycles. The normalized spacial score (nSPS) is 18.2. The molecule has 0 bridgehead atoms. The lowest BCUT2D eigenvalue weighted by Crippen LogP contribution is -2.46. The molecule has 178 valence electrons. The molecule has 1 fully saturated rings. The first-order chi connectivity index (χ1) is 16.8. The molecular weight excluding hydrogens is 442 g/mol. The maximum atomic E-state index is 13.7. The highest BCUT2D eigenvalue weighted by Gasteiger charge is 2.52. The van der Waals surface area contributed by atoms with Crippen molar-refractivity contribution in [1.82, 2.24) is 15.5 Å². The van der Waals surface area contributed by atoms with E-state index in [1.807, 2.05) is 55.5 Å². The Morgan fingerprint density at radius 3 is 2.11 bits per heavy atom. The number of carbonyl (C=O) groups excluding carboxylic acids is 4. The molecule has 1 aliphatic rings. The lowest BCUT2D eigenvalue weighted by Gasteiger charge is -2.27. The molecule has 0 aromatic heterocycles. The fourth-order valence-corrected chi connectivity index (χ4v) is 4.39. The van der Waals surface area contributed by atoms with Gasteiger partial charge in [0.1, 0.15) is 0 Å². The van der Waals surface area contributed by atoms with Gasteiger partial charge >= 0.3 is 6.03 Å². The van der Waals surface area contributed by atoms with Gasteiger partial charge in [-0.2, -0.15) is 0 Å². The standard InChI is InChI=1S/C28H27N3O4/c1-19(29-20(2)32)22-13-15-23(16-14-22)25(33)18-31-26(34)28(30-27(31)35,24-11-7-4-8-12-24)17-21-9-5-3-6-10-21/h3-16,19H,17-18H2,1-2H3,(H,29,32)(H,30,35)/t19-,28+/m1/s1. The number of hydrogen-bond donors (Lipinski definition) is 2. The molecule has 7 nitrogen and oxygen atoms in total. The van der Waals surface area contributed by atoms with Gasteiger partial charge in [0.05, 0.1) is 12.6 Å². The van der Waals surface area contributed by atoms with Crippen molar-refractivity contribution >= 4 is 23.6 Å². The molecule has 0 spiro atoms. The summed E-state index contributed by atoms with van der Waals surface area (Å²) >= 11 is 0. The van der Waals surface area contributed by atoms with Gasteiger partial charge < -0.3 is 10.6 Å². The van der Waals surface area contributed by atoms with Crippen LogP contribution in [0, 0.1) is 0 Å². The molecule has 0 radical (unpaired) electrons. The van der Waals surface area contributed by atoms with Gasteiger partial charge in [0.2, 0.25) is 5.91 Å². The molecule has 7 heteroatoms. The fourth-order valence-electron chi connectivity index (χ4n) is 4.39. The van der Waals surface area contributed by atoms with E-state index in [0.717, 1.165) is 16.0 Å². The largest absolute Gasteiger partial charge is 0.350 e. The number of urea groups is 1. The van der Waals surface area contributed by atoms with Crippen molar-refractivity contribution in [1.29, 1.82) is 0 Å². The zero-order chi connectivity index (χ0) is 25.0. The van der Waals surface area contributed by atoms with Crippen LogP contribution in [0.3, 0.4) is 0 Å². The van der Waals surface area contributed by atoms with Crippen LogP contribution in [0.2, 0.25) is 0 Å². The summed E-state index contributed by atoms with van der Waals surface area (Å²) in [6, 6.07) is 24.5. The minimum atomic E-state index is -1.29. The Kier molecular flexibility index (Phi) is 6.78. The minimum Gasteiger partial charge on any atom is -0.350 e. The molecule has 3 aromatic rings. The van der Waals surface area contributed by atoms with Gasteiger partial charge in [-0.1, -0.05) is 84.9 Å². The molecule has 0 aliphatic carbocycles. The highest BCUT2D eigenvalue weighted by molar-refractivity contribution is 6.11. The van der Waals surface area contributed by atoms with E-state index in [-0.39, 0.29) is 30.7 Å². The van der Waals surface area contributed by atoms with Crippen LogP contribution in [0.15, 0.2) is 84.9 Å². The van der Waals surface area contributed by atoms with Gasteiger partial charge in [-0.3, -0.25) is 19.3 Å². The van der Waals surface area contributed by atoms with E-state index in [1.165, 1.54) is 6.92 Å². The van der Waals surface area contributed by atoms with Crippen LogP contribution in [-0.4, -0.2) is 35.1 Å². The predicted molar refractivity (Wildman–Crippen MR) is 132 cm³/mol. The molecule has 0 saturated carbocycles. The van der Waals surface area contributed by atoms with Crippen LogP contribution in [-0.2, 0) is 21.5 Å². The quantitative estimate of drug-likeness (QED) is 0.388. The molecule has 1 heterocycles. The van der Waals surface area contributed by atoms with E-state index >= 15 is 0 Å². The smallest absolute Gasteiger partial charge is 0.325 e. The van der Waals surface area contributed by atoms with Crippen molar-refractivity contribution in [2.24, 2.45) is 0 Å². The SMILES string of the molecule is CC(=O)N[C@H](C)c1ccc(C(=O)CN2C(=O)N[C@@](Cc3ccccc3)(c3ccccc3)C2=O)cc1. The number of nitrogens with zero attached hydrogens (tertiary/aromatic N) is 1. The van der Waals surface area contributed by atoms with Crippen molar-refractivity contribution in [3.05, 3.63) is 107 Å². The average molecular weight is 470 g/mol. The first kappa shape index (κ1) is 23.9. The van der Waals surface area contributed by atoms with Crippen LogP contribution in [0.4, 0.5) is 4.79 Å². The Hall–Kier alpha value is -4.26. The molecule has 2 N–H and O–H groups in total. The second-order valence-corrected chi connectivity index (χ2v) is 8.72. The predicted octanol–water partition coefficient (Wildman–Crippen LogP) is 3.76. The van der Waals surface area contributed by atoms with E-state index in [1.54, 1.807) is 36.4 Å². The number of carbonyl (C=O) groups is 4. The Labute approximate surface area is 204 Å². The molecule has 1 saturated heterocycles. The third kappa shape index (κ3) is 4.99. The van der Waals surface area contributed by atoms with Crippen LogP contribution >= 0.6 is 0 Å². The Morgan fingerprint density at radius 2 is 1.51 bits per heavy atom. The molecule has 4 amide bonds. The second-order valence-electron chi connectivity index (χ2n) is 8.72. The molecule has 3 aromatic carbocycles. The Bertz CT molecular complexity index is 1240. The zero-order valence-corrected chi connectivity index (χ0v) is 19.7. The van der Waals surface area contributed by atoms with Gasteiger partial charge in [-0.15, -0.1) is 0 Å². The number of rotatable bonds is 8. The summed E-state index contributed by atoms with van der Waals surface area (Å²) < 4.78 is 0. The van der Waals surface area contributed by atoms with E-state index in [9.17, 15) is 19.2 Å². The summed E-state index contributed by atoms with van der Waals surface area (Å²) in [6.45, 7) is 2.93. The number of imide groups is 1. The maximum absolute atomic E-state index is 13.7. The van der Waals surface area contributed by atoms with Crippen molar-refractivity contribution in [3.8, 4) is 0 Å². The molecule has 4 rings (SSSR count). The zero-order valence-electron chi connectivity index (χ0n) is 19.7. The summed E-state index contributed by atoms with van der Waals surface area (Å²) in [6.07, 6.45) is 0.267. The number of ketones is 1. The van der Waals surface area contributed by atoms with Crippen molar-refractivity contribution in [3.63, 3.8) is 0 Å². The van der Waals surface area contributed by atoms with E-state index in [4.69, 9.17) is 0 Å². The Balaban J connectivity index is 1.57. The molecule has 2 atom stereocenters. The summed E-state index contributed by atoms with van der Waals surface area (Å²) in [4.78, 5) is 52.0. The van der Waals surface area contributed by atoms with Gasteiger partial charge in [0.15, 0.2) is 11.3 Å².